The molecule has 1 aromatic rings. The highest BCUT2D eigenvalue weighted by Crippen LogP contribution is 2.25. The Morgan fingerprint density at radius 2 is 2.00 bits per heavy atom. The molecule has 0 aromatic heterocycles. The Balaban J connectivity index is 2.20. The van der Waals surface area contributed by atoms with Crippen LogP contribution in [0.5, 0.6) is 0 Å². The summed E-state index contributed by atoms with van der Waals surface area (Å²) in [7, 11) is 0. The lowest BCUT2D eigenvalue weighted by Crippen LogP contribution is -2.28. The molecule has 1 aromatic carbocycles. The number of nitriles is 1. The van der Waals surface area contributed by atoms with Crippen molar-refractivity contribution < 1.29 is 14.4 Å². The largest absolute Gasteiger partial charge is 0.325 e. The average Bonchev–Trinajstić information content (AvgIpc) is 2.69. The number of carbonyl (C=O) groups excluding carboxylic acids is 3. The molecule has 1 aliphatic rings. The van der Waals surface area contributed by atoms with Crippen LogP contribution in [0.4, 0.5) is 11.4 Å². The summed E-state index contributed by atoms with van der Waals surface area (Å²) in [6, 6.07) is 8.17. The summed E-state index contributed by atoms with van der Waals surface area (Å²) in [5.74, 6) is -0.922. The molecule has 0 aliphatic carbocycles. The van der Waals surface area contributed by atoms with Gasteiger partial charge in [-0.25, -0.2) is 0 Å². The first-order valence-electron chi connectivity index (χ1n) is 5.74. The Morgan fingerprint density at radius 1 is 1.32 bits per heavy atom. The Labute approximate surface area is 109 Å². The summed E-state index contributed by atoms with van der Waals surface area (Å²) >= 11 is 0. The molecule has 1 N–H and O–H groups in total. The molecule has 3 amide bonds. The lowest BCUT2D eigenvalue weighted by atomic mass is 10.2. The van der Waals surface area contributed by atoms with Crippen LogP contribution < -0.4 is 10.2 Å². The van der Waals surface area contributed by atoms with E-state index < -0.39 is 5.91 Å². The molecule has 1 aliphatic heterocycles. The maximum Gasteiger partial charge on any atom is 0.238 e. The van der Waals surface area contributed by atoms with Crippen molar-refractivity contribution in [2.24, 2.45) is 0 Å². The Bertz CT molecular complexity index is 573. The SMILES string of the molecule is N#CCC(=O)Nc1cccc(N2C(=O)CCC2=O)c1. The van der Waals surface area contributed by atoms with Gasteiger partial charge in [0.1, 0.15) is 6.42 Å². The summed E-state index contributed by atoms with van der Waals surface area (Å²) < 4.78 is 0. The van der Waals surface area contributed by atoms with E-state index >= 15 is 0 Å². The van der Waals surface area contributed by atoms with Crippen molar-refractivity contribution in [3.05, 3.63) is 24.3 Å². The van der Waals surface area contributed by atoms with E-state index in [0.29, 0.717) is 11.4 Å². The van der Waals surface area contributed by atoms with Gasteiger partial charge in [0, 0.05) is 18.5 Å². The fourth-order valence-corrected chi connectivity index (χ4v) is 1.86. The van der Waals surface area contributed by atoms with Crippen molar-refractivity contribution in [3.8, 4) is 6.07 Å². The molecule has 2 rings (SSSR count). The van der Waals surface area contributed by atoms with Crippen LogP contribution in [-0.4, -0.2) is 17.7 Å². The third kappa shape index (κ3) is 2.77. The number of hydrogen-bond acceptors (Lipinski definition) is 4. The van der Waals surface area contributed by atoms with E-state index in [0.717, 1.165) is 4.90 Å². The van der Waals surface area contributed by atoms with Crippen LogP contribution >= 0.6 is 0 Å². The van der Waals surface area contributed by atoms with Crippen LogP contribution in [0.3, 0.4) is 0 Å². The van der Waals surface area contributed by atoms with Gasteiger partial charge in [-0.05, 0) is 18.2 Å². The van der Waals surface area contributed by atoms with Gasteiger partial charge in [-0.3, -0.25) is 19.3 Å². The Hall–Kier alpha value is -2.68. The van der Waals surface area contributed by atoms with E-state index in [1.54, 1.807) is 24.3 Å². The second-order valence-corrected chi connectivity index (χ2v) is 4.06. The van der Waals surface area contributed by atoms with Gasteiger partial charge in [-0.1, -0.05) is 6.07 Å². The first kappa shape index (κ1) is 12.8. The third-order valence-electron chi connectivity index (χ3n) is 2.68. The number of nitrogens with one attached hydrogen (secondary N) is 1. The van der Waals surface area contributed by atoms with Gasteiger partial charge in [0.05, 0.1) is 11.8 Å². The Morgan fingerprint density at radius 3 is 2.63 bits per heavy atom. The van der Waals surface area contributed by atoms with Crippen LogP contribution in [-0.2, 0) is 14.4 Å². The second kappa shape index (κ2) is 5.31. The van der Waals surface area contributed by atoms with Gasteiger partial charge in [0.15, 0.2) is 0 Å². The number of rotatable bonds is 3. The van der Waals surface area contributed by atoms with Crippen molar-refractivity contribution in [2.75, 3.05) is 10.2 Å². The molecule has 0 unspecified atom stereocenters. The number of hydrogen-bond donors (Lipinski definition) is 1. The summed E-state index contributed by atoms with van der Waals surface area (Å²) in [5, 5.41) is 10.9. The molecule has 19 heavy (non-hydrogen) atoms. The van der Waals surface area contributed by atoms with Gasteiger partial charge in [-0.2, -0.15) is 5.26 Å². The highest BCUT2D eigenvalue weighted by molar-refractivity contribution is 6.20. The molecule has 0 bridgehead atoms. The topological polar surface area (TPSA) is 90.3 Å². The summed E-state index contributed by atoms with van der Waals surface area (Å²) in [5.41, 5.74) is 0.882. The highest BCUT2D eigenvalue weighted by Gasteiger charge is 2.30. The minimum atomic E-state index is -0.432. The molecule has 0 atom stereocenters. The smallest absolute Gasteiger partial charge is 0.238 e. The summed E-state index contributed by atoms with van der Waals surface area (Å²) in [6.07, 6.45) is 0.180. The molecule has 0 radical (unpaired) electrons. The van der Waals surface area contributed by atoms with Crippen LogP contribution in [0.15, 0.2) is 24.3 Å². The molecule has 1 heterocycles. The number of anilines is 2. The van der Waals surface area contributed by atoms with Crippen molar-refractivity contribution in [3.63, 3.8) is 0 Å². The van der Waals surface area contributed by atoms with E-state index in [1.165, 1.54) is 6.07 Å². The zero-order chi connectivity index (χ0) is 13.8. The lowest BCUT2D eigenvalue weighted by molar-refractivity contribution is -0.121. The molecular formula is C13H11N3O3. The van der Waals surface area contributed by atoms with E-state index in [-0.39, 0.29) is 31.1 Å². The van der Waals surface area contributed by atoms with E-state index in [1.807, 2.05) is 0 Å². The standard InChI is InChI=1S/C13H11N3O3/c14-7-6-11(17)15-9-2-1-3-10(8-9)16-12(18)4-5-13(16)19/h1-3,8H,4-6H2,(H,15,17). The number of nitrogens with zero attached hydrogens (tertiary/aromatic N) is 2. The quantitative estimate of drug-likeness (QED) is 0.823. The van der Waals surface area contributed by atoms with Crippen LogP contribution in [0.25, 0.3) is 0 Å². The van der Waals surface area contributed by atoms with Crippen molar-refractivity contribution >= 4 is 29.1 Å². The van der Waals surface area contributed by atoms with Crippen LogP contribution in [0.2, 0.25) is 0 Å². The minimum absolute atomic E-state index is 0.212. The maximum absolute atomic E-state index is 11.6. The molecule has 96 valence electrons. The fraction of sp³-hybridized carbons (Fsp3) is 0.231. The predicted octanol–water partition coefficient (Wildman–Crippen LogP) is 1.19. The zero-order valence-electron chi connectivity index (χ0n) is 10.0. The van der Waals surface area contributed by atoms with Gasteiger partial charge >= 0.3 is 0 Å². The monoisotopic (exact) mass is 257 g/mol. The molecule has 1 saturated heterocycles. The summed E-state index contributed by atoms with van der Waals surface area (Å²) in [4.78, 5) is 35.6. The number of benzene rings is 1. The predicted molar refractivity (Wildman–Crippen MR) is 67.0 cm³/mol. The first-order valence-corrected chi connectivity index (χ1v) is 5.74. The zero-order valence-corrected chi connectivity index (χ0v) is 10.0. The number of amides is 3. The normalized spacial score (nSPS) is 14.4. The van der Waals surface area contributed by atoms with Gasteiger partial charge < -0.3 is 5.32 Å². The number of carbonyl (C=O) groups is 3. The van der Waals surface area contributed by atoms with Crippen molar-refractivity contribution in [1.82, 2.24) is 0 Å². The summed E-state index contributed by atoms with van der Waals surface area (Å²) in [6.45, 7) is 0. The molecule has 1 fully saturated rings. The molecule has 0 spiro atoms. The van der Waals surface area contributed by atoms with Gasteiger partial charge in [0.2, 0.25) is 17.7 Å². The minimum Gasteiger partial charge on any atom is -0.325 e. The van der Waals surface area contributed by atoms with Crippen molar-refractivity contribution in [1.29, 1.82) is 5.26 Å². The molecule has 0 saturated carbocycles. The first-order chi connectivity index (χ1) is 9.11. The fourth-order valence-electron chi connectivity index (χ4n) is 1.86. The molecular weight excluding hydrogens is 246 g/mol. The second-order valence-electron chi connectivity index (χ2n) is 4.06. The van der Waals surface area contributed by atoms with Gasteiger partial charge in [0.25, 0.3) is 0 Å². The van der Waals surface area contributed by atoms with Crippen molar-refractivity contribution in [2.45, 2.75) is 19.3 Å². The van der Waals surface area contributed by atoms with Crippen LogP contribution in [0.1, 0.15) is 19.3 Å². The maximum atomic E-state index is 11.6. The van der Waals surface area contributed by atoms with Crippen LogP contribution in [0, 0.1) is 11.3 Å². The van der Waals surface area contributed by atoms with Gasteiger partial charge in [-0.15, -0.1) is 0 Å². The van der Waals surface area contributed by atoms with E-state index in [9.17, 15) is 14.4 Å². The third-order valence-corrected chi connectivity index (χ3v) is 2.68. The van der Waals surface area contributed by atoms with E-state index in [2.05, 4.69) is 5.32 Å². The lowest BCUT2D eigenvalue weighted by Gasteiger charge is -2.14. The molecule has 6 heteroatoms. The Kier molecular flexibility index (Phi) is 3.57. The number of imide groups is 1. The average molecular weight is 257 g/mol. The van der Waals surface area contributed by atoms with E-state index in [4.69, 9.17) is 5.26 Å². The molecule has 6 nitrogen and oxygen atoms in total. The highest BCUT2D eigenvalue weighted by atomic mass is 16.2.